The number of carbonyl (C=O) groups is 1. The molecule has 2 fully saturated rings. The lowest BCUT2D eigenvalue weighted by atomic mass is 9.96. The summed E-state index contributed by atoms with van der Waals surface area (Å²) in [5.41, 5.74) is 5.11. The normalized spacial score (nSPS) is 34.6. The molecule has 0 aromatic rings. The Bertz CT molecular complexity index is 277. The molecule has 4 heteroatoms. The summed E-state index contributed by atoms with van der Waals surface area (Å²) in [4.78, 5) is 14.1. The van der Waals surface area contributed by atoms with E-state index in [4.69, 9.17) is 5.73 Å². The fraction of sp³-hybridized carbons (Fsp3) is 0.917. The monoisotopic (exact) mass is 225 g/mol. The van der Waals surface area contributed by atoms with E-state index in [-0.39, 0.29) is 5.91 Å². The number of carbonyl (C=O) groups excluding carboxylic acids is 1. The van der Waals surface area contributed by atoms with Gasteiger partial charge in [-0.2, -0.15) is 0 Å². The fourth-order valence-corrected chi connectivity index (χ4v) is 2.96. The molecule has 0 heterocycles. The van der Waals surface area contributed by atoms with Gasteiger partial charge in [0.2, 0.25) is 5.91 Å². The topological polar surface area (TPSA) is 58.4 Å². The number of likely N-dealkylation sites (N-methyl/N-ethyl adjacent to an activating group) is 1. The van der Waals surface area contributed by atoms with Crippen LogP contribution in [0, 0.1) is 0 Å². The van der Waals surface area contributed by atoms with Crippen LogP contribution >= 0.6 is 0 Å². The molecule has 2 saturated carbocycles. The predicted octanol–water partition coefficient (Wildman–Crippen LogP) is 0.467. The third kappa shape index (κ3) is 2.09. The van der Waals surface area contributed by atoms with E-state index in [9.17, 15) is 4.79 Å². The highest BCUT2D eigenvalue weighted by molar-refractivity contribution is 5.85. The minimum Gasteiger partial charge on any atom is -0.368 e. The van der Waals surface area contributed by atoms with Gasteiger partial charge in [-0.3, -0.25) is 4.79 Å². The van der Waals surface area contributed by atoms with Gasteiger partial charge in [-0.25, -0.2) is 0 Å². The van der Waals surface area contributed by atoms with Crippen molar-refractivity contribution in [3.8, 4) is 0 Å². The number of rotatable bonds is 5. The van der Waals surface area contributed by atoms with Crippen LogP contribution in [0.25, 0.3) is 0 Å². The fourth-order valence-electron chi connectivity index (χ4n) is 2.96. The van der Waals surface area contributed by atoms with E-state index in [0.717, 1.165) is 31.8 Å². The molecule has 1 amide bonds. The lowest BCUT2D eigenvalue weighted by Crippen LogP contribution is -2.54. The van der Waals surface area contributed by atoms with Crippen LogP contribution in [0.15, 0.2) is 0 Å². The average Bonchev–Trinajstić information content (AvgIpc) is 2.99. The van der Waals surface area contributed by atoms with Crippen molar-refractivity contribution in [2.75, 3.05) is 13.6 Å². The lowest BCUT2D eigenvalue weighted by molar-refractivity contribution is -0.124. The smallest absolute Gasteiger partial charge is 0.237 e. The predicted molar refractivity (Wildman–Crippen MR) is 64.0 cm³/mol. The molecule has 0 bridgehead atoms. The third-order valence-electron chi connectivity index (χ3n) is 4.17. The van der Waals surface area contributed by atoms with Gasteiger partial charge in [0.15, 0.2) is 0 Å². The van der Waals surface area contributed by atoms with Crippen molar-refractivity contribution in [2.24, 2.45) is 5.73 Å². The zero-order valence-corrected chi connectivity index (χ0v) is 10.3. The van der Waals surface area contributed by atoms with Crippen molar-refractivity contribution in [3.63, 3.8) is 0 Å². The second kappa shape index (κ2) is 4.34. The molecule has 0 aromatic heterocycles. The van der Waals surface area contributed by atoms with E-state index in [0.29, 0.717) is 6.04 Å². The number of primary amides is 1. The molecule has 0 aromatic carbocycles. The Hall–Kier alpha value is -0.610. The Labute approximate surface area is 97.6 Å². The molecule has 2 unspecified atom stereocenters. The molecule has 2 aliphatic carbocycles. The molecule has 2 aliphatic rings. The summed E-state index contributed by atoms with van der Waals surface area (Å²) >= 11 is 0. The summed E-state index contributed by atoms with van der Waals surface area (Å²) in [6, 6.07) is 1.29. The molecule has 2 rings (SSSR count). The van der Waals surface area contributed by atoms with Crippen LogP contribution in [0.3, 0.4) is 0 Å². The van der Waals surface area contributed by atoms with Crippen molar-refractivity contribution >= 4 is 5.91 Å². The lowest BCUT2D eigenvalue weighted by Gasteiger charge is -2.29. The SMILES string of the molecule is CCNC1(C(N)=O)CCC(N(C)C2CC2)C1. The van der Waals surface area contributed by atoms with Crippen LogP contribution in [0.5, 0.6) is 0 Å². The Morgan fingerprint density at radius 1 is 1.44 bits per heavy atom. The first-order chi connectivity index (χ1) is 7.59. The Morgan fingerprint density at radius 2 is 2.12 bits per heavy atom. The maximum atomic E-state index is 11.6. The Kier molecular flexibility index (Phi) is 3.22. The van der Waals surface area contributed by atoms with Crippen molar-refractivity contribution in [1.82, 2.24) is 10.2 Å². The molecular formula is C12H23N3O. The zero-order chi connectivity index (χ0) is 11.8. The minimum atomic E-state index is -0.442. The number of hydrogen-bond donors (Lipinski definition) is 2. The third-order valence-corrected chi connectivity index (χ3v) is 4.17. The van der Waals surface area contributed by atoms with E-state index in [1.165, 1.54) is 12.8 Å². The molecule has 2 atom stereocenters. The summed E-state index contributed by atoms with van der Waals surface area (Å²) in [6.07, 6.45) is 5.49. The van der Waals surface area contributed by atoms with Gasteiger partial charge >= 0.3 is 0 Å². The second-order valence-electron chi connectivity index (χ2n) is 5.27. The van der Waals surface area contributed by atoms with Gasteiger partial charge in [0.25, 0.3) is 0 Å². The first-order valence-corrected chi connectivity index (χ1v) is 6.36. The summed E-state index contributed by atoms with van der Waals surface area (Å²) in [6.45, 7) is 2.84. The molecule has 0 radical (unpaired) electrons. The average molecular weight is 225 g/mol. The van der Waals surface area contributed by atoms with Crippen LogP contribution in [-0.2, 0) is 4.79 Å². The first kappa shape index (κ1) is 11.9. The number of nitrogens with zero attached hydrogens (tertiary/aromatic N) is 1. The number of nitrogens with one attached hydrogen (secondary N) is 1. The van der Waals surface area contributed by atoms with Gasteiger partial charge < -0.3 is 16.0 Å². The van der Waals surface area contributed by atoms with E-state index in [1.807, 2.05) is 6.92 Å². The van der Waals surface area contributed by atoms with Gasteiger partial charge in [-0.15, -0.1) is 0 Å². The molecule has 3 N–H and O–H groups in total. The van der Waals surface area contributed by atoms with Crippen molar-refractivity contribution < 1.29 is 4.79 Å². The zero-order valence-electron chi connectivity index (χ0n) is 10.3. The van der Waals surface area contributed by atoms with Crippen LogP contribution in [0.2, 0.25) is 0 Å². The molecule has 0 aliphatic heterocycles. The van der Waals surface area contributed by atoms with E-state index in [2.05, 4.69) is 17.3 Å². The molecule has 4 nitrogen and oxygen atoms in total. The Morgan fingerprint density at radius 3 is 2.62 bits per heavy atom. The van der Waals surface area contributed by atoms with Gasteiger partial charge in [-0.05, 0) is 45.7 Å². The highest BCUT2D eigenvalue weighted by atomic mass is 16.1. The highest BCUT2D eigenvalue weighted by Gasteiger charge is 2.46. The summed E-state index contributed by atoms with van der Waals surface area (Å²) < 4.78 is 0. The van der Waals surface area contributed by atoms with Gasteiger partial charge in [-0.1, -0.05) is 6.92 Å². The van der Waals surface area contributed by atoms with Gasteiger partial charge in [0.05, 0.1) is 5.54 Å². The minimum absolute atomic E-state index is 0.180. The molecule has 16 heavy (non-hydrogen) atoms. The first-order valence-electron chi connectivity index (χ1n) is 6.36. The van der Waals surface area contributed by atoms with Crippen molar-refractivity contribution in [3.05, 3.63) is 0 Å². The maximum absolute atomic E-state index is 11.6. The number of nitrogens with two attached hydrogens (primary N) is 1. The second-order valence-corrected chi connectivity index (χ2v) is 5.27. The molecular weight excluding hydrogens is 202 g/mol. The highest BCUT2D eigenvalue weighted by Crippen LogP contribution is 2.37. The molecule has 92 valence electrons. The van der Waals surface area contributed by atoms with Gasteiger partial charge in [0.1, 0.15) is 0 Å². The summed E-state index contributed by atoms with van der Waals surface area (Å²) in [5, 5.41) is 3.30. The standard InChI is InChI=1S/C12H23N3O/c1-3-14-12(11(13)16)7-6-10(8-12)15(2)9-4-5-9/h9-10,14H,3-8H2,1-2H3,(H2,13,16). The van der Waals surface area contributed by atoms with Gasteiger partial charge in [0, 0.05) is 12.1 Å². The summed E-state index contributed by atoms with van der Waals surface area (Å²) in [7, 11) is 2.19. The summed E-state index contributed by atoms with van der Waals surface area (Å²) in [5.74, 6) is -0.180. The van der Waals surface area contributed by atoms with E-state index in [1.54, 1.807) is 0 Å². The molecule has 0 spiro atoms. The number of hydrogen-bond acceptors (Lipinski definition) is 3. The van der Waals surface area contributed by atoms with Crippen LogP contribution in [0.1, 0.15) is 39.0 Å². The number of amides is 1. The van der Waals surface area contributed by atoms with Crippen LogP contribution < -0.4 is 11.1 Å². The van der Waals surface area contributed by atoms with Crippen molar-refractivity contribution in [2.45, 2.75) is 56.7 Å². The van der Waals surface area contributed by atoms with Crippen molar-refractivity contribution in [1.29, 1.82) is 0 Å². The maximum Gasteiger partial charge on any atom is 0.237 e. The largest absolute Gasteiger partial charge is 0.368 e. The van der Waals surface area contributed by atoms with Crippen LogP contribution in [0.4, 0.5) is 0 Å². The van der Waals surface area contributed by atoms with Crippen LogP contribution in [-0.4, -0.2) is 42.0 Å². The molecule has 0 saturated heterocycles. The van der Waals surface area contributed by atoms with E-state index >= 15 is 0 Å². The van der Waals surface area contributed by atoms with E-state index < -0.39 is 5.54 Å². The quantitative estimate of drug-likeness (QED) is 0.715. The Balaban J connectivity index is 2.00.